The minimum absolute atomic E-state index is 0.205. The maximum atomic E-state index is 13.0. The zero-order chi connectivity index (χ0) is 24.0. The number of imide groups is 2. The third kappa shape index (κ3) is 5.94. The fraction of sp³-hybridized carbons (Fsp3) is 0.292. The molecule has 0 aromatic heterocycles. The van der Waals surface area contributed by atoms with Crippen molar-refractivity contribution in [3.8, 4) is 11.5 Å². The summed E-state index contributed by atoms with van der Waals surface area (Å²) in [5.74, 6) is -0.736. The zero-order valence-corrected chi connectivity index (χ0v) is 20.7. The van der Waals surface area contributed by atoms with E-state index in [1.807, 2.05) is 0 Å². The fourth-order valence-electron chi connectivity index (χ4n) is 3.32. The number of halogens is 2. The van der Waals surface area contributed by atoms with Crippen LogP contribution in [0.5, 0.6) is 11.5 Å². The van der Waals surface area contributed by atoms with Crippen molar-refractivity contribution in [1.82, 2.24) is 5.32 Å². The summed E-state index contributed by atoms with van der Waals surface area (Å²) in [5.41, 5.74) is 0.587. The summed E-state index contributed by atoms with van der Waals surface area (Å²) in [7, 11) is 1.49. The van der Waals surface area contributed by atoms with Gasteiger partial charge >= 0.3 is 6.03 Å². The maximum Gasteiger partial charge on any atom is 0.335 e. The molecule has 0 unspecified atom stereocenters. The fourth-order valence-corrected chi connectivity index (χ4v) is 3.85. The Hall–Kier alpha value is -2.84. The van der Waals surface area contributed by atoms with Gasteiger partial charge in [0.25, 0.3) is 11.8 Å². The summed E-state index contributed by atoms with van der Waals surface area (Å²) >= 11 is 9.73. The van der Waals surface area contributed by atoms with Crippen molar-refractivity contribution in [3.05, 3.63) is 57.0 Å². The highest BCUT2D eigenvalue weighted by Gasteiger charge is 2.36. The topological polar surface area (TPSA) is 84.9 Å². The van der Waals surface area contributed by atoms with E-state index in [1.54, 1.807) is 36.4 Å². The normalized spacial score (nSPS) is 15.1. The largest absolute Gasteiger partial charge is 0.493 e. The molecule has 0 aliphatic carbocycles. The van der Waals surface area contributed by atoms with Crippen molar-refractivity contribution in [1.29, 1.82) is 0 Å². The van der Waals surface area contributed by atoms with E-state index in [2.05, 4.69) is 28.2 Å². The van der Waals surface area contributed by atoms with Gasteiger partial charge in [-0.25, -0.2) is 9.69 Å². The van der Waals surface area contributed by atoms with E-state index in [0.29, 0.717) is 34.4 Å². The van der Waals surface area contributed by atoms with Gasteiger partial charge < -0.3 is 9.47 Å². The molecule has 4 amide bonds. The Morgan fingerprint density at radius 3 is 2.48 bits per heavy atom. The van der Waals surface area contributed by atoms with Crippen molar-refractivity contribution in [2.24, 2.45) is 0 Å². The molecule has 1 saturated heterocycles. The number of amides is 4. The van der Waals surface area contributed by atoms with Gasteiger partial charge in [-0.1, -0.05) is 53.7 Å². The lowest BCUT2D eigenvalue weighted by molar-refractivity contribution is -0.122. The van der Waals surface area contributed by atoms with E-state index in [4.69, 9.17) is 21.1 Å². The number of benzene rings is 2. The van der Waals surface area contributed by atoms with Gasteiger partial charge in [0.1, 0.15) is 5.57 Å². The molecule has 1 heterocycles. The number of nitrogens with zero attached hydrogens (tertiary/aromatic N) is 1. The van der Waals surface area contributed by atoms with E-state index >= 15 is 0 Å². The maximum absolute atomic E-state index is 13.0. The molecule has 7 nitrogen and oxygen atoms in total. The third-order valence-electron chi connectivity index (χ3n) is 4.99. The highest BCUT2D eigenvalue weighted by molar-refractivity contribution is 9.10. The van der Waals surface area contributed by atoms with Gasteiger partial charge in [-0.3, -0.25) is 14.9 Å². The first-order valence-corrected chi connectivity index (χ1v) is 11.7. The quantitative estimate of drug-likeness (QED) is 0.252. The second-order valence-electron chi connectivity index (χ2n) is 7.38. The zero-order valence-electron chi connectivity index (χ0n) is 18.3. The first kappa shape index (κ1) is 24.8. The van der Waals surface area contributed by atoms with Crippen LogP contribution in [0, 0.1) is 0 Å². The summed E-state index contributed by atoms with van der Waals surface area (Å²) in [6, 6.07) is 8.98. The highest BCUT2D eigenvalue weighted by atomic mass is 79.9. The summed E-state index contributed by atoms with van der Waals surface area (Å²) in [6.07, 6.45) is 5.59. The van der Waals surface area contributed by atoms with Crippen LogP contribution in [-0.4, -0.2) is 31.6 Å². The first-order chi connectivity index (χ1) is 15.8. The number of unbranched alkanes of at least 4 members (excludes halogenated alkanes) is 3. The van der Waals surface area contributed by atoms with Crippen LogP contribution in [-0.2, 0) is 9.59 Å². The number of nitrogens with one attached hydrogen (secondary N) is 1. The molecule has 1 aliphatic rings. The average molecular weight is 536 g/mol. The first-order valence-electron chi connectivity index (χ1n) is 10.5. The van der Waals surface area contributed by atoms with Crippen LogP contribution in [0.4, 0.5) is 10.5 Å². The van der Waals surface area contributed by atoms with Crippen LogP contribution in [0.15, 0.2) is 46.4 Å². The van der Waals surface area contributed by atoms with E-state index in [-0.39, 0.29) is 5.57 Å². The monoisotopic (exact) mass is 534 g/mol. The Bertz CT molecular complexity index is 1090. The Labute approximate surface area is 205 Å². The van der Waals surface area contributed by atoms with Crippen LogP contribution in [0.25, 0.3) is 6.08 Å². The van der Waals surface area contributed by atoms with Crippen molar-refractivity contribution in [3.63, 3.8) is 0 Å². The lowest BCUT2D eigenvalue weighted by atomic mass is 10.1. The van der Waals surface area contributed by atoms with Crippen LogP contribution in [0.1, 0.15) is 38.2 Å². The number of hydrogen-bond donors (Lipinski definition) is 1. The number of barbiturate groups is 1. The average Bonchev–Trinajstić information content (AvgIpc) is 2.78. The predicted molar refractivity (Wildman–Crippen MR) is 131 cm³/mol. The van der Waals surface area contributed by atoms with Crippen molar-refractivity contribution in [2.75, 3.05) is 18.6 Å². The van der Waals surface area contributed by atoms with Gasteiger partial charge in [0.2, 0.25) is 0 Å². The SMILES string of the molecule is CCCCCCOc1c(Cl)cc(/C=C2\C(=O)NC(=O)N(c3ccc(Br)cc3)C2=O)cc1OC. The summed E-state index contributed by atoms with van der Waals surface area (Å²) in [6.45, 7) is 2.64. The van der Waals surface area contributed by atoms with Crippen LogP contribution in [0.3, 0.4) is 0 Å². The predicted octanol–water partition coefficient (Wildman–Crippen LogP) is 5.74. The molecule has 33 heavy (non-hydrogen) atoms. The number of carbonyl (C=O) groups is 3. The molecule has 1 aliphatic heterocycles. The lowest BCUT2D eigenvalue weighted by Gasteiger charge is -2.26. The Morgan fingerprint density at radius 2 is 1.82 bits per heavy atom. The summed E-state index contributed by atoms with van der Waals surface area (Å²) in [5, 5.41) is 2.49. The smallest absolute Gasteiger partial charge is 0.335 e. The summed E-state index contributed by atoms with van der Waals surface area (Å²) in [4.78, 5) is 38.7. The molecule has 0 spiro atoms. The minimum Gasteiger partial charge on any atom is -0.493 e. The van der Waals surface area contributed by atoms with Crippen LogP contribution in [0.2, 0.25) is 5.02 Å². The summed E-state index contributed by atoms with van der Waals surface area (Å²) < 4.78 is 12.0. The second kappa shape index (κ2) is 11.3. The molecule has 0 radical (unpaired) electrons. The molecular formula is C24H24BrClN2O5. The van der Waals surface area contributed by atoms with Crippen molar-refractivity contribution >= 4 is 57.1 Å². The molecule has 2 aromatic rings. The van der Waals surface area contributed by atoms with Gasteiger partial charge in [0.15, 0.2) is 11.5 Å². The Balaban J connectivity index is 1.88. The molecule has 174 valence electrons. The van der Waals surface area contributed by atoms with Crippen LogP contribution >= 0.6 is 27.5 Å². The number of anilines is 1. The molecule has 1 fully saturated rings. The number of urea groups is 1. The van der Waals surface area contributed by atoms with Crippen molar-refractivity contribution < 1.29 is 23.9 Å². The van der Waals surface area contributed by atoms with Gasteiger partial charge in [0.05, 0.1) is 24.4 Å². The molecule has 0 saturated carbocycles. The Morgan fingerprint density at radius 1 is 1.09 bits per heavy atom. The van der Waals surface area contributed by atoms with Crippen molar-refractivity contribution in [2.45, 2.75) is 32.6 Å². The number of hydrogen-bond acceptors (Lipinski definition) is 5. The second-order valence-corrected chi connectivity index (χ2v) is 8.70. The molecule has 2 aromatic carbocycles. The van der Waals surface area contributed by atoms with Gasteiger partial charge in [-0.05, 0) is 54.5 Å². The Kier molecular flexibility index (Phi) is 8.52. The number of carbonyl (C=O) groups excluding carboxylic acids is 3. The minimum atomic E-state index is -0.813. The van der Waals surface area contributed by atoms with E-state index < -0.39 is 17.8 Å². The third-order valence-corrected chi connectivity index (χ3v) is 5.80. The number of rotatable bonds is 9. The van der Waals surface area contributed by atoms with E-state index in [9.17, 15) is 14.4 Å². The van der Waals surface area contributed by atoms with Gasteiger partial charge in [-0.15, -0.1) is 0 Å². The van der Waals surface area contributed by atoms with Crippen LogP contribution < -0.4 is 19.7 Å². The molecule has 0 atom stereocenters. The lowest BCUT2D eigenvalue weighted by Crippen LogP contribution is -2.54. The number of ether oxygens (including phenoxy) is 2. The van der Waals surface area contributed by atoms with Gasteiger partial charge in [0, 0.05) is 4.47 Å². The molecular weight excluding hydrogens is 512 g/mol. The molecule has 0 bridgehead atoms. The molecule has 1 N–H and O–H groups in total. The van der Waals surface area contributed by atoms with Gasteiger partial charge in [-0.2, -0.15) is 0 Å². The number of methoxy groups -OCH3 is 1. The van der Waals surface area contributed by atoms with E-state index in [0.717, 1.165) is 35.1 Å². The molecule has 3 rings (SSSR count). The highest BCUT2D eigenvalue weighted by Crippen LogP contribution is 2.37. The molecule has 9 heteroatoms. The van der Waals surface area contributed by atoms with E-state index in [1.165, 1.54) is 13.2 Å². The standard InChI is InChI=1S/C24H24BrClN2O5/c1-3-4-5-6-11-33-21-19(26)13-15(14-20(21)32-2)12-18-22(29)27-24(31)28(23(18)30)17-9-7-16(25)8-10-17/h7-10,12-14H,3-6,11H2,1-2H3,(H,27,29,31)/b18-12+.